The monoisotopic (exact) mass is 538 g/mol. The predicted octanol–water partition coefficient (Wildman–Crippen LogP) is 5.71. The van der Waals surface area contributed by atoms with Gasteiger partial charge in [0.25, 0.3) is 5.91 Å². The largest absolute Gasteiger partial charge is 0.489 e. The maximum Gasteiger partial charge on any atom is 0.255 e. The first-order valence-corrected chi connectivity index (χ1v) is 14.2. The van der Waals surface area contributed by atoms with Gasteiger partial charge in [0.15, 0.2) is 17.3 Å². The van der Waals surface area contributed by atoms with E-state index in [1.165, 1.54) is 0 Å². The zero-order valence-electron chi connectivity index (χ0n) is 21.1. The molecule has 0 aliphatic carbocycles. The predicted molar refractivity (Wildman–Crippen MR) is 150 cm³/mol. The summed E-state index contributed by atoms with van der Waals surface area (Å²) in [6, 6.07) is 22.7. The van der Waals surface area contributed by atoms with E-state index in [0.29, 0.717) is 47.9 Å². The van der Waals surface area contributed by atoms with E-state index < -0.39 is 0 Å². The Morgan fingerprint density at radius 2 is 1.69 bits per heavy atom. The molecule has 8 heteroatoms. The number of fused-ring (bicyclic) bond motifs is 4. The summed E-state index contributed by atoms with van der Waals surface area (Å²) >= 11 is 1.87. The van der Waals surface area contributed by atoms with Crippen molar-refractivity contribution in [3.05, 3.63) is 101 Å². The molecule has 0 spiro atoms. The Morgan fingerprint density at radius 3 is 2.41 bits per heavy atom. The van der Waals surface area contributed by atoms with Gasteiger partial charge in [-0.2, -0.15) is 11.8 Å². The van der Waals surface area contributed by atoms with Gasteiger partial charge in [0, 0.05) is 58.6 Å². The van der Waals surface area contributed by atoms with E-state index in [2.05, 4.69) is 16.0 Å². The molecule has 4 heterocycles. The van der Waals surface area contributed by atoms with Gasteiger partial charge in [-0.1, -0.05) is 12.1 Å². The smallest absolute Gasteiger partial charge is 0.255 e. The molecule has 0 bridgehead atoms. The number of anilines is 1. The van der Waals surface area contributed by atoms with Gasteiger partial charge in [-0.05, 0) is 60.2 Å². The zero-order chi connectivity index (χ0) is 26.3. The Balaban J connectivity index is 1.10. The van der Waals surface area contributed by atoms with Crippen LogP contribution in [0.15, 0.2) is 79.0 Å². The number of thioether (sulfide) groups is 1. The molecular formula is C31H26N2O5S. The van der Waals surface area contributed by atoms with Crippen LogP contribution in [0.1, 0.15) is 44.3 Å². The second-order valence-corrected chi connectivity index (χ2v) is 10.9. The van der Waals surface area contributed by atoms with Crippen molar-refractivity contribution in [1.29, 1.82) is 0 Å². The summed E-state index contributed by atoms with van der Waals surface area (Å²) in [5.41, 5.74) is 4.72. The second kappa shape index (κ2) is 9.85. The van der Waals surface area contributed by atoms with Crippen LogP contribution in [0.3, 0.4) is 0 Å². The Hall–Kier alpha value is -4.17. The Kier molecular flexibility index (Phi) is 6.04. The molecule has 1 aromatic heterocycles. The van der Waals surface area contributed by atoms with Crippen LogP contribution in [0.25, 0.3) is 5.69 Å². The molecule has 7 nitrogen and oxygen atoms in total. The van der Waals surface area contributed by atoms with E-state index in [0.717, 1.165) is 34.2 Å². The molecule has 196 valence electrons. The minimum Gasteiger partial charge on any atom is -0.489 e. The fraction of sp³-hybridized carbons (Fsp3) is 0.226. The fourth-order valence-electron chi connectivity index (χ4n) is 5.25. The average molecular weight is 539 g/mol. The van der Waals surface area contributed by atoms with Crippen LogP contribution in [0.5, 0.6) is 17.2 Å². The fourth-order valence-corrected chi connectivity index (χ4v) is 5.81. The first kappa shape index (κ1) is 23.9. The highest BCUT2D eigenvalue weighted by atomic mass is 32.2. The summed E-state index contributed by atoms with van der Waals surface area (Å²) in [7, 11) is 0. The lowest BCUT2D eigenvalue weighted by molar-refractivity contribution is 0.0977. The molecule has 1 fully saturated rings. The molecule has 1 unspecified atom stereocenters. The molecular weight excluding hydrogens is 512 g/mol. The van der Waals surface area contributed by atoms with Gasteiger partial charge in [0.05, 0.1) is 5.69 Å². The van der Waals surface area contributed by atoms with Crippen molar-refractivity contribution in [2.45, 2.75) is 18.4 Å². The van der Waals surface area contributed by atoms with Crippen LogP contribution in [-0.4, -0.2) is 47.1 Å². The molecule has 1 amide bonds. The standard InChI is InChI=1S/C31H26N2O5S/c34-28-14-24(26-2-1-11-33(26)27-16-30-29(15-25(27)28)36-12-13-37-30)19-3-7-21(8-4-19)32-31(35)20-5-9-22(10-6-20)38-23-17-39-18-23/h1-11,15-16,23-24H,12-14,17-18H2,(H,32,35). The van der Waals surface area contributed by atoms with Crippen molar-refractivity contribution >= 4 is 29.1 Å². The SMILES string of the molecule is O=C(Nc1ccc(C2CC(=O)c3cc4c(cc3-n3cccc32)OCCO4)cc1)c1ccc(OC2CSC2)cc1. The van der Waals surface area contributed by atoms with E-state index in [4.69, 9.17) is 14.2 Å². The van der Waals surface area contributed by atoms with E-state index >= 15 is 0 Å². The Morgan fingerprint density at radius 1 is 0.949 bits per heavy atom. The van der Waals surface area contributed by atoms with E-state index in [1.54, 1.807) is 12.1 Å². The molecule has 3 aliphatic heterocycles. The van der Waals surface area contributed by atoms with Gasteiger partial charge < -0.3 is 24.1 Å². The summed E-state index contributed by atoms with van der Waals surface area (Å²) in [6.07, 6.45) is 2.57. The first-order valence-electron chi connectivity index (χ1n) is 13.0. The number of nitrogens with zero attached hydrogens (tertiary/aromatic N) is 1. The van der Waals surface area contributed by atoms with Crippen molar-refractivity contribution in [3.8, 4) is 22.9 Å². The van der Waals surface area contributed by atoms with Crippen molar-refractivity contribution in [3.63, 3.8) is 0 Å². The molecule has 3 aromatic carbocycles. The summed E-state index contributed by atoms with van der Waals surface area (Å²) in [5, 5.41) is 2.97. The Labute approximate surface area is 230 Å². The topological polar surface area (TPSA) is 78.8 Å². The van der Waals surface area contributed by atoms with E-state index in [-0.39, 0.29) is 23.7 Å². The molecule has 39 heavy (non-hydrogen) atoms. The molecule has 1 atom stereocenters. The third kappa shape index (κ3) is 4.55. The molecule has 0 saturated carbocycles. The third-order valence-corrected chi connectivity index (χ3v) is 8.56. The van der Waals surface area contributed by atoms with Crippen LogP contribution < -0.4 is 19.5 Å². The lowest BCUT2D eigenvalue weighted by Gasteiger charge is -2.25. The molecule has 1 saturated heterocycles. The van der Waals surface area contributed by atoms with Crippen LogP contribution in [-0.2, 0) is 0 Å². The van der Waals surface area contributed by atoms with E-state index in [9.17, 15) is 9.59 Å². The summed E-state index contributed by atoms with van der Waals surface area (Å²) in [6.45, 7) is 0.961. The lowest BCUT2D eigenvalue weighted by atomic mass is 9.90. The number of Topliss-reactive ketones (excluding diaryl/α,β-unsaturated/α-hetero) is 1. The first-order chi connectivity index (χ1) is 19.1. The van der Waals surface area contributed by atoms with Crippen molar-refractivity contribution in [2.24, 2.45) is 0 Å². The molecule has 1 N–H and O–H groups in total. The van der Waals surface area contributed by atoms with E-state index in [1.807, 2.05) is 72.6 Å². The number of carbonyl (C=O) groups excluding carboxylic acids is 2. The maximum atomic E-state index is 13.4. The van der Waals surface area contributed by atoms with Gasteiger partial charge >= 0.3 is 0 Å². The van der Waals surface area contributed by atoms with Gasteiger partial charge in [-0.15, -0.1) is 0 Å². The normalized spacial score (nSPS) is 17.8. The number of carbonyl (C=O) groups is 2. The highest BCUT2D eigenvalue weighted by molar-refractivity contribution is 8.00. The summed E-state index contributed by atoms with van der Waals surface area (Å²) in [5.74, 6) is 3.81. The quantitative estimate of drug-likeness (QED) is 0.351. The maximum absolute atomic E-state index is 13.4. The Bertz CT molecular complexity index is 1560. The van der Waals surface area contributed by atoms with Crippen LogP contribution >= 0.6 is 11.8 Å². The van der Waals surface area contributed by atoms with Crippen LogP contribution in [0.2, 0.25) is 0 Å². The minimum absolute atomic E-state index is 0.0524. The number of ether oxygens (including phenoxy) is 3. The summed E-state index contributed by atoms with van der Waals surface area (Å²) < 4.78 is 19.4. The molecule has 7 rings (SSSR count). The minimum atomic E-state index is -0.184. The molecule has 4 aromatic rings. The zero-order valence-corrected chi connectivity index (χ0v) is 21.9. The van der Waals surface area contributed by atoms with Gasteiger partial charge in [0.2, 0.25) is 0 Å². The number of rotatable bonds is 5. The highest BCUT2D eigenvalue weighted by Gasteiger charge is 2.30. The van der Waals surface area contributed by atoms with Crippen molar-refractivity contribution in [2.75, 3.05) is 30.0 Å². The number of aromatic nitrogens is 1. The number of benzene rings is 3. The van der Waals surface area contributed by atoms with Gasteiger partial charge in [-0.3, -0.25) is 9.59 Å². The number of hydrogen-bond donors (Lipinski definition) is 1. The summed E-state index contributed by atoms with van der Waals surface area (Å²) in [4.78, 5) is 26.3. The number of hydrogen-bond acceptors (Lipinski definition) is 6. The lowest BCUT2D eigenvalue weighted by Crippen LogP contribution is -2.31. The third-order valence-electron chi connectivity index (χ3n) is 7.34. The molecule has 3 aliphatic rings. The number of ketones is 1. The van der Waals surface area contributed by atoms with Crippen molar-refractivity contribution < 1.29 is 23.8 Å². The average Bonchev–Trinajstić information content (AvgIpc) is 3.39. The molecule has 0 radical (unpaired) electrons. The number of nitrogens with one attached hydrogen (secondary N) is 1. The van der Waals surface area contributed by atoms with Crippen LogP contribution in [0, 0.1) is 0 Å². The second-order valence-electron chi connectivity index (χ2n) is 9.87. The van der Waals surface area contributed by atoms with Crippen LogP contribution in [0.4, 0.5) is 5.69 Å². The van der Waals surface area contributed by atoms with Crippen molar-refractivity contribution in [1.82, 2.24) is 4.57 Å². The van der Waals surface area contributed by atoms with Gasteiger partial charge in [0.1, 0.15) is 25.1 Å². The van der Waals surface area contributed by atoms with Gasteiger partial charge in [-0.25, -0.2) is 0 Å². The number of amides is 1. The highest BCUT2D eigenvalue weighted by Crippen LogP contribution is 2.41.